The average molecular weight is 333 g/mol. The second kappa shape index (κ2) is 5.32. The first-order chi connectivity index (χ1) is 11.2. The van der Waals surface area contributed by atoms with Gasteiger partial charge in [0.15, 0.2) is 0 Å². The molecule has 136 valence electrons. The van der Waals surface area contributed by atoms with Gasteiger partial charge in [0.2, 0.25) is 0 Å². The Hall–Kier alpha value is -0.370. The lowest BCUT2D eigenvalue weighted by atomic mass is 9.40. The van der Waals surface area contributed by atoms with Crippen LogP contribution in [0.4, 0.5) is 0 Å². The molecule has 0 radical (unpaired) electrons. The molecule has 4 fully saturated rings. The maximum Gasteiger partial charge on any atom is 0.132 e. The minimum absolute atomic E-state index is 0.0713. The van der Waals surface area contributed by atoms with E-state index in [0.717, 1.165) is 37.0 Å². The summed E-state index contributed by atoms with van der Waals surface area (Å²) in [6.45, 7) is 9.23. The van der Waals surface area contributed by atoms with Crippen LogP contribution in [0.2, 0.25) is 0 Å². The Bertz CT molecular complexity index is 542. The largest absolute Gasteiger partial charge is 0.393 e. The number of carbonyl (C=O) groups is 1. The monoisotopic (exact) mass is 332 g/mol. The Morgan fingerprint density at radius 1 is 0.917 bits per heavy atom. The highest BCUT2D eigenvalue weighted by molar-refractivity contribution is 5.78. The second-order valence-electron chi connectivity index (χ2n) is 10.6. The minimum atomic E-state index is -0.0713. The van der Waals surface area contributed by atoms with Crippen LogP contribution in [0.1, 0.15) is 85.5 Å². The van der Waals surface area contributed by atoms with Crippen LogP contribution in [0, 0.1) is 39.9 Å². The lowest BCUT2D eigenvalue weighted by molar-refractivity contribution is -0.168. The summed E-state index contributed by atoms with van der Waals surface area (Å²) in [5.74, 6) is 3.08. The summed E-state index contributed by atoms with van der Waals surface area (Å²) in [5.41, 5.74) is 0.923. The van der Waals surface area contributed by atoms with Gasteiger partial charge in [-0.05, 0) is 98.7 Å². The van der Waals surface area contributed by atoms with Gasteiger partial charge in [-0.3, -0.25) is 4.79 Å². The highest BCUT2D eigenvalue weighted by Gasteiger charge is 2.63. The molecular weight excluding hydrogens is 296 g/mol. The fraction of sp³-hybridized carbons (Fsp3) is 0.955. The highest BCUT2D eigenvalue weighted by Crippen LogP contribution is 2.70. The van der Waals surface area contributed by atoms with Crippen molar-refractivity contribution in [3.05, 3.63) is 0 Å². The molecule has 4 aliphatic rings. The lowest BCUT2D eigenvalue weighted by Gasteiger charge is -2.65. The Kier molecular flexibility index (Phi) is 3.78. The summed E-state index contributed by atoms with van der Waals surface area (Å²) >= 11 is 0. The molecule has 0 aromatic carbocycles. The molecule has 1 N–H and O–H groups in total. The normalized spacial score (nSPS) is 57.0. The molecule has 0 aromatic heterocycles. The third-order valence-corrected chi connectivity index (χ3v) is 9.90. The van der Waals surface area contributed by atoms with Crippen LogP contribution in [0.3, 0.4) is 0 Å². The van der Waals surface area contributed by atoms with Crippen LogP contribution in [-0.2, 0) is 4.79 Å². The molecular formula is C22H36O2. The summed E-state index contributed by atoms with van der Waals surface area (Å²) in [5, 5.41) is 10.6. The van der Waals surface area contributed by atoms with Gasteiger partial charge in [0.25, 0.3) is 0 Å². The number of hydrogen-bond acceptors (Lipinski definition) is 2. The maximum atomic E-state index is 12.0. The predicted molar refractivity (Wildman–Crippen MR) is 96.5 cm³/mol. The number of carbonyl (C=O) groups excluding carboxylic acids is 1. The molecule has 0 bridgehead atoms. The fourth-order valence-corrected chi connectivity index (χ4v) is 7.96. The van der Waals surface area contributed by atoms with E-state index >= 15 is 0 Å². The van der Waals surface area contributed by atoms with E-state index in [4.69, 9.17) is 0 Å². The Balaban J connectivity index is 1.64. The average Bonchev–Trinajstić information content (AvgIpc) is 2.83. The third kappa shape index (κ3) is 2.07. The Labute approximate surface area is 147 Å². The van der Waals surface area contributed by atoms with E-state index in [1.807, 2.05) is 0 Å². The van der Waals surface area contributed by atoms with E-state index in [-0.39, 0.29) is 11.5 Å². The van der Waals surface area contributed by atoms with Crippen LogP contribution in [0.25, 0.3) is 0 Å². The zero-order valence-electron chi connectivity index (χ0n) is 16.1. The van der Waals surface area contributed by atoms with Gasteiger partial charge in [0.1, 0.15) is 5.78 Å². The predicted octanol–water partition coefficient (Wildman–Crippen LogP) is 4.99. The molecule has 0 saturated heterocycles. The molecule has 8 atom stereocenters. The topological polar surface area (TPSA) is 37.3 Å². The first-order valence-electron chi connectivity index (χ1n) is 10.4. The number of aliphatic hydroxyl groups is 1. The van der Waals surface area contributed by atoms with E-state index in [2.05, 4.69) is 20.8 Å². The number of ketones is 1. The molecule has 24 heavy (non-hydrogen) atoms. The van der Waals surface area contributed by atoms with Gasteiger partial charge >= 0.3 is 0 Å². The van der Waals surface area contributed by atoms with E-state index in [1.54, 1.807) is 6.92 Å². The minimum Gasteiger partial charge on any atom is -0.393 e. The molecule has 0 amide bonds. The van der Waals surface area contributed by atoms with Gasteiger partial charge in [0, 0.05) is 5.92 Å². The molecule has 0 spiro atoms. The third-order valence-electron chi connectivity index (χ3n) is 9.90. The molecule has 2 nitrogen and oxygen atoms in total. The van der Waals surface area contributed by atoms with Crippen molar-refractivity contribution in [3.8, 4) is 0 Å². The van der Waals surface area contributed by atoms with Crippen molar-refractivity contribution < 1.29 is 9.90 Å². The smallest absolute Gasteiger partial charge is 0.132 e. The molecule has 4 saturated carbocycles. The number of Topliss-reactive ketones (excluding diaryl/α,β-unsaturated/α-hetero) is 1. The van der Waals surface area contributed by atoms with Gasteiger partial charge in [0.05, 0.1) is 6.10 Å². The lowest BCUT2D eigenvalue weighted by Crippen LogP contribution is -2.58. The van der Waals surface area contributed by atoms with Crippen LogP contribution in [0.5, 0.6) is 0 Å². The van der Waals surface area contributed by atoms with E-state index < -0.39 is 0 Å². The summed E-state index contributed by atoms with van der Waals surface area (Å²) in [6, 6.07) is 0. The Morgan fingerprint density at radius 2 is 1.67 bits per heavy atom. The van der Waals surface area contributed by atoms with Gasteiger partial charge in [-0.25, -0.2) is 0 Å². The van der Waals surface area contributed by atoms with Crippen molar-refractivity contribution >= 4 is 5.78 Å². The van der Waals surface area contributed by atoms with Crippen LogP contribution in [0.15, 0.2) is 0 Å². The number of fused-ring (bicyclic) bond motifs is 5. The zero-order chi connectivity index (χ0) is 17.3. The van der Waals surface area contributed by atoms with Crippen LogP contribution >= 0.6 is 0 Å². The van der Waals surface area contributed by atoms with Gasteiger partial charge < -0.3 is 5.11 Å². The SMILES string of the molecule is CC(=O)[C@@H]1CC[C@]2(C)[C@@H]3CC[C@]4(C)[C@H](O)CC[C@H]4[C@H]3CC[C@@]2(C)C1. The highest BCUT2D eigenvalue weighted by atomic mass is 16.3. The van der Waals surface area contributed by atoms with Gasteiger partial charge in [-0.2, -0.15) is 0 Å². The van der Waals surface area contributed by atoms with Crippen molar-refractivity contribution in [1.29, 1.82) is 0 Å². The molecule has 2 heteroatoms. The first-order valence-corrected chi connectivity index (χ1v) is 10.4. The molecule has 4 rings (SSSR count). The maximum absolute atomic E-state index is 12.0. The van der Waals surface area contributed by atoms with Crippen molar-refractivity contribution in [3.63, 3.8) is 0 Å². The van der Waals surface area contributed by atoms with Crippen molar-refractivity contribution in [2.75, 3.05) is 0 Å². The van der Waals surface area contributed by atoms with Crippen LogP contribution in [-0.4, -0.2) is 17.0 Å². The molecule has 0 aromatic rings. The van der Waals surface area contributed by atoms with Crippen molar-refractivity contribution in [2.24, 2.45) is 39.9 Å². The first kappa shape index (κ1) is 17.1. The summed E-state index contributed by atoms with van der Waals surface area (Å²) in [6.07, 6.45) is 10.8. The Morgan fingerprint density at radius 3 is 2.38 bits per heavy atom. The molecule has 0 heterocycles. The number of hydrogen-bond donors (Lipinski definition) is 1. The quantitative estimate of drug-likeness (QED) is 0.735. The summed E-state index contributed by atoms with van der Waals surface area (Å²) in [7, 11) is 0. The van der Waals surface area contributed by atoms with Crippen molar-refractivity contribution in [1.82, 2.24) is 0 Å². The number of aliphatic hydroxyl groups excluding tert-OH is 1. The summed E-state index contributed by atoms with van der Waals surface area (Å²) < 4.78 is 0. The van der Waals surface area contributed by atoms with E-state index in [0.29, 0.717) is 22.5 Å². The number of rotatable bonds is 1. The van der Waals surface area contributed by atoms with Gasteiger partial charge in [-0.15, -0.1) is 0 Å². The van der Waals surface area contributed by atoms with E-state index in [1.165, 1.54) is 38.5 Å². The molecule has 4 aliphatic carbocycles. The molecule has 0 aliphatic heterocycles. The van der Waals surface area contributed by atoms with Gasteiger partial charge in [-0.1, -0.05) is 20.8 Å². The second-order valence-corrected chi connectivity index (χ2v) is 10.6. The fourth-order valence-electron chi connectivity index (χ4n) is 7.96. The summed E-state index contributed by atoms with van der Waals surface area (Å²) in [4.78, 5) is 12.0. The van der Waals surface area contributed by atoms with Crippen LogP contribution < -0.4 is 0 Å². The molecule has 0 unspecified atom stereocenters. The van der Waals surface area contributed by atoms with Crippen molar-refractivity contribution in [2.45, 2.75) is 91.6 Å². The standard InChI is InChI=1S/C22H36O2/c1-14(23)15-7-12-22(4)18-9-11-21(3)17(5-6-19(21)24)16(18)8-10-20(22,2)13-15/h15-19,24H,5-13H2,1-4H3/t15-,16-,17+,18-,19-,20+,21+,22-/m1/s1. The van der Waals surface area contributed by atoms with E-state index in [9.17, 15) is 9.90 Å². The zero-order valence-corrected chi connectivity index (χ0v) is 16.1.